The number of thiazole rings is 1. The van der Waals surface area contributed by atoms with E-state index in [0.717, 1.165) is 54.7 Å². The van der Waals surface area contributed by atoms with Gasteiger partial charge >= 0.3 is 5.97 Å². The number of aryl methyl sites for hydroxylation is 1. The van der Waals surface area contributed by atoms with Crippen molar-refractivity contribution in [1.82, 2.24) is 4.98 Å². The van der Waals surface area contributed by atoms with Crippen LogP contribution in [0, 0.1) is 5.92 Å². The van der Waals surface area contributed by atoms with Gasteiger partial charge in [-0.15, -0.1) is 11.3 Å². The molecule has 0 amide bonds. The zero-order chi connectivity index (χ0) is 14.8. The van der Waals surface area contributed by atoms with Crippen LogP contribution >= 0.6 is 11.3 Å². The number of ether oxygens (including phenoxy) is 1. The maximum Gasteiger partial charge on any atom is 0.312 e. The summed E-state index contributed by atoms with van der Waals surface area (Å²) in [5.74, 6) is -0.596. The van der Waals surface area contributed by atoms with E-state index in [0.29, 0.717) is 12.3 Å². The Bertz CT molecular complexity index is 511. The van der Waals surface area contributed by atoms with Gasteiger partial charge in [-0.2, -0.15) is 0 Å². The molecule has 0 radical (unpaired) electrons. The molecule has 1 aliphatic carbocycles. The number of nitrogens with zero attached hydrogens (tertiary/aromatic N) is 2. The highest BCUT2D eigenvalue weighted by Gasteiger charge is 2.30. The van der Waals surface area contributed by atoms with Gasteiger partial charge in [-0.1, -0.05) is 0 Å². The van der Waals surface area contributed by atoms with E-state index in [9.17, 15) is 9.90 Å². The molecule has 21 heavy (non-hydrogen) atoms. The van der Waals surface area contributed by atoms with E-state index < -0.39 is 11.9 Å². The highest BCUT2D eigenvalue weighted by Crippen LogP contribution is 2.38. The zero-order valence-corrected chi connectivity index (χ0v) is 13.2. The van der Waals surface area contributed by atoms with Crippen LogP contribution in [0.4, 0.5) is 5.13 Å². The minimum atomic E-state index is -0.740. The Balaban J connectivity index is 1.72. The molecule has 1 N–H and O–H groups in total. The van der Waals surface area contributed by atoms with E-state index in [1.54, 1.807) is 11.3 Å². The molecule has 1 aromatic heterocycles. The first-order valence-corrected chi connectivity index (χ1v) is 8.48. The first-order valence-electron chi connectivity index (χ1n) is 7.66. The quantitative estimate of drug-likeness (QED) is 0.926. The van der Waals surface area contributed by atoms with E-state index in [4.69, 9.17) is 4.74 Å². The second kappa shape index (κ2) is 6.32. The van der Waals surface area contributed by atoms with Crippen molar-refractivity contribution in [2.75, 3.05) is 31.7 Å². The number of carboxylic acids is 1. The van der Waals surface area contributed by atoms with Crippen LogP contribution in [0.1, 0.15) is 42.2 Å². The topological polar surface area (TPSA) is 62.7 Å². The van der Waals surface area contributed by atoms with E-state index in [1.807, 2.05) is 0 Å². The van der Waals surface area contributed by atoms with Crippen LogP contribution in [0.25, 0.3) is 0 Å². The lowest BCUT2D eigenvalue weighted by Gasteiger charge is -2.26. The predicted molar refractivity (Wildman–Crippen MR) is 82.2 cm³/mol. The summed E-state index contributed by atoms with van der Waals surface area (Å²) < 4.78 is 5.53. The Morgan fingerprint density at radius 3 is 3.05 bits per heavy atom. The van der Waals surface area contributed by atoms with Crippen molar-refractivity contribution in [2.24, 2.45) is 5.92 Å². The molecule has 0 spiro atoms. The highest BCUT2D eigenvalue weighted by atomic mass is 32.1. The normalized spacial score (nSPS) is 25.4. The van der Waals surface area contributed by atoms with Crippen LogP contribution in [0.15, 0.2) is 0 Å². The molecule has 2 atom stereocenters. The van der Waals surface area contributed by atoms with Gasteiger partial charge in [0.1, 0.15) is 5.92 Å². The summed E-state index contributed by atoms with van der Waals surface area (Å²) in [7, 11) is 2.05. The minimum absolute atomic E-state index is 0.412. The van der Waals surface area contributed by atoms with E-state index >= 15 is 0 Å². The van der Waals surface area contributed by atoms with Gasteiger partial charge in [-0.3, -0.25) is 4.79 Å². The summed E-state index contributed by atoms with van der Waals surface area (Å²) in [5.41, 5.74) is 0.806. The number of carbonyl (C=O) groups is 1. The molecular formula is C15H22N2O3S. The molecule has 116 valence electrons. The van der Waals surface area contributed by atoms with Crippen molar-refractivity contribution < 1.29 is 14.6 Å². The fraction of sp³-hybridized carbons (Fsp3) is 0.733. The Labute approximate surface area is 128 Å². The van der Waals surface area contributed by atoms with Gasteiger partial charge < -0.3 is 14.7 Å². The number of carboxylic acid groups (broad SMARTS) is 1. The summed E-state index contributed by atoms with van der Waals surface area (Å²) >= 11 is 1.66. The van der Waals surface area contributed by atoms with E-state index in [1.165, 1.54) is 6.42 Å². The maximum absolute atomic E-state index is 11.3. The largest absolute Gasteiger partial charge is 0.481 e. The third kappa shape index (κ3) is 3.21. The monoisotopic (exact) mass is 310 g/mol. The third-order valence-corrected chi connectivity index (χ3v) is 5.60. The smallest absolute Gasteiger partial charge is 0.312 e. The van der Waals surface area contributed by atoms with Crippen LogP contribution in [0.3, 0.4) is 0 Å². The van der Waals surface area contributed by atoms with Crippen LogP contribution in [-0.2, 0) is 16.0 Å². The Morgan fingerprint density at radius 1 is 1.48 bits per heavy atom. The molecule has 0 aromatic carbocycles. The molecule has 1 aliphatic heterocycles. The fourth-order valence-electron chi connectivity index (χ4n) is 3.23. The lowest BCUT2D eigenvalue weighted by Crippen LogP contribution is -2.30. The average Bonchev–Trinajstić information content (AvgIpc) is 2.92. The van der Waals surface area contributed by atoms with Crippen molar-refractivity contribution in [3.63, 3.8) is 0 Å². The number of rotatable bonds is 4. The summed E-state index contributed by atoms with van der Waals surface area (Å²) in [6.07, 6.45) is 4.97. The molecule has 3 rings (SSSR count). The predicted octanol–water partition coefficient (Wildman–Crippen LogP) is 2.51. The van der Waals surface area contributed by atoms with Crippen molar-refractivity contribution in [3.05, 3.63) is 10.6 Å². The first kappa shape index (κ1) is 14.8. The molecule has 0 saturated carbocycles. The summed E-state index contributed by atoms with van der Waals surface area (Å²) in [6.45, 7) is 2.64. The van der Waals surface area contributed by atoms with E-state index in [-0.39, 0.29) is 0 Å². The minimum Gasteiger partial charge on any atom is -0.481 e. The number of aromatic nitrogens is 1. The van der Waals surface area contributed by atoms with Crippen LogP contribution < -0.4 is 4.90 Å². The van der Waals surface area contributed by atoms with Crippen molar-refractivity contribution in [2.45, 2.75) is 38.0 Å². The number of hydrogen-bond acceptors (Lipinski definition) is 5. The lowest BCUT2D eigenvalue weighted by atomic mass is 9.91. The van der Waals surface area contributed by atoms with Gasteiger partial charge in [0.15, 0.2) is 5.13 Å². The van der Waals surface area contributed by atoms with Gasteiger partial charge in [0.2, 0.25) is 0 Å². The van der Waals surface area contributed by atoms with Gasteiger partial charge in [0.05, 0.1) is 12.3 Å². The number of fused-ring (bicyclic) bond motifs is 1. The Hall–Kier alpha value is -1.14. The first-order chi connectivity index (χ1) is 10.1. The SMILES string of the molecule is CN(CC1CCCOC1)c1nc2c(s1)CCCC2C(=O)O. The van der Waals surface area contributed by atoms with Crippen molar-refractivity contribution in [1.29, 1.82) is 0 Å². The molecular weight excluding hydrogens is 288 g/mol. The summed E-state index contributed by atoms with van der Waals surface area (Å²) in [4.78, 5) is 19.3. The third-order valence-electron chi connectivity index (χ3n) is 4.35. The summed E-state index contributed by atoms with van der Waals surface area (Å²) in [5, 5.41) is 10.3. The van der Waals surface area contributed by atoms with E-state index in [2.05, 4.69) is 16.9 Å². The Kier molecular flexibility index (Phi) is 4.45. The maximum atomic E-state index is 11.3. The molecule has 2 heterocycles. The Morgan fingerprint density at radius 2 is 2.33 bits per heavy atom. The molecule has 2 aliphatic rings. The molecule has 0 bridgehead atoms. The molecule has 1 aromatic rings. The highest BCUT2D eigenvalue weighted by molar-refractivity contribution is 7.15. The van der Waals surface area contributed by atoms with Gasteiger partial charge in [0, 0.05) is 25.1 Å². The van der Waals surface area contributed by atoms with Gasteiger partial charge in [0.25, 0.3) is 0 Å². The number of aliphatic carboxylic acids is 1. The molecule has 1 saturated heterocycles. The van der Waals surface area contributed by atoms with Crippen LogP contribution in [0.5, 0.6) is 0 Å². The summed E-state index contributed by atoms with van der Waals surface area (Å²) in [6, 6.07) is 0. The second-order valence-corrected chi connectivity index (χ2v) is 7.11. The molecule has 2 unspecified atom stereocenters. The van der Waals surface area contributed by atoms with Gasteiger partial charge in [-0.25, -0.2) is 4.98 Å². The number of anilines is 1. The molecule has 1 fully saturated rings. The zero-order valence-electron chi connectivity index (χ0n) is 12.4. The molecule has 5 nitrogen and oxygen atoms in total. The fourth-order valence-corrected chi connectivity index (χ4v) is 4.36. The van der Waals surface area contributed by atoms with Crippen molar-refractivity contribution in [3.8, 4) is 0 Å². The standard InChI is InChI=1S/C15H22N2O3S/c1-17(8-10-4-3-7-20-9-10)15-16-13-11(14(18)19)5-2-6-12(13)21-15/h10-11H,2-9H2,1H3,(H,18,19). The average molecular weight is 310 g/mol. The van der Waals surface area contributed by atoms with Crippen LogP contribution in [0.2, 0.25) is 0 Å². The second-order valence-electron chi connectivity index (χ2n) is 6.05. The van der Waals surface area contributed by atoms with Crippen molar-refractivity contribution >= 4 is 22.4 Å². The molecule has 6 heteroatoms. The number of hydrogen-bond donors (Lipinski definition) is 1. The van der Waals surface area contributed by atoms with Gasteiger partial charge in [-0.05, 0) is 38.0 Å². The van der Waals surface area contributed by atoms with Crippen LogP contribution in [-0.4, -0.2) is 42.9 Å². The lowest BCUT2D eigenvalue weighted by molar-refractivity contribution is -0.139.